The van der Waals surface area contributed by atoms with Crippen molar-refractivity contribution in [2.45, 2.75) is 70.5 Å². The van der Waals surface area contributed by atoms with Crippen molar-refractivity contribution in [3.8, 4) is 17.2 Å². The van der Waals surface area contributed by atoms with E-state index in [9.17, 15) is 14.0 Å². The molecule has 334 valence electrons. The minimum absolute atomic E-state index is 0.00301. The number of rotatable bonds is 10. The van der Waals surface area contributed by atoms with Gasteiger partial charge in [-0.15, -0.1) is 0 Å². The van der Waals surface area contributed by atoms with Crippen molar-refractivity contribution in [3.63, 3.8) is 0 Å². The van der Waals surface area contributed by atoms with Crippen LogP contribution in [0.25, 0.3) is 39.0 Å². The second-order valence-corrected chi connectivity index (χ2v) is 17.5. The number of aryl methyl sites for hydroxylation is 1. The first-order chi connectivity index (χ1) is 31.5. The summed E-state index contributed by atoms with van der Waals surface area (Å²) in [5, 5.41) is 14.7. The molecule has 16 nitrogen and oxygen atoms in total. The predicted molar refractivity (Wildman–Crippen MR) is 234 cm³/mol. The van der Waals surface area contributed by atoms with Gasteiger partial charge in [-0.2, -0.15) is 10.2 Å². The summed E-state index contributed by atoms with van der Waals surface area (Å²) in [7, 11) is 1.58. The standard InChI is InChI=1S/C47H46F2N10O6/c1-26-21-32(6-7-34(26)48)59-42(56-16-15-55(46(56)62)38-10-9-37-33(41(38)49)25-50-57(37)17-20-63-4)40-28(3)54(14-11-35(40)52-59)43(60)39-23-31-22-30(29-12-18-64-19-13-29)5-8-36(31)58(39)47(24-27(47)2)44-51-45(61)65-53-44/h5-10,15-16,21-23,25,27-29H,11-14,17-20,24H2,1-4H3,(H,51,53,61)/t27-,28-,47-/m0/s1. The lowest BCUT2D eigenvalue weighted by atomic mass is 9.91. The van der Waals surface area contributed by atoms with Gasteiger partial charge in [-0.05, 0) is 105 Å². The molecule has 1 saturated heterocycles. The Labute approximate surface area is 369 Å². The van der Waals surface area contributed by atoms with Gasteiger partial charge in [0.1, 0.15) is 22.9 Å². The van der Waals surface area contributed by atoms with Crippen molar-refractivity contribution in [1.29, 1.82) is 0 Å². The summed E-state index contributed by atoms with van der Waals surface area (Å²) in [5.41, 5.74) is 3.70. The van der Waals surface area contributed by atoms with Gasteiger partial charge in [-0.25, -0.2) is 23.1 Å². The Balaban J connectivity index is 1.04. The summed E-state index contributed by atoms with van der Waals surface area (Å²) >= 11 is 0. The zero-order valence-corrected chi connectivity index (χ0v) is 36.3. The zero-order valence-electron chi connectivity index (χ0n) is 36.3. The highest BCUT2D eigenvalue weighted by Crippen LogP contribution is 2.56. The topological polar surface area (TPSA) is 165 Å². The van der Waals surface area contributed by atoms with Crippen LogP contribution in [-0.4, -0.2) is 87.7 Å². The molecule has 18 heteroatoms. The first kappa shape index (κ1) is 40.8. The molecular weight excluding hydrogens is 839 g/mol. The third-order valence-electron chi connectivity index (χ3n) is 13.9. The molecule has 1 aliphatic carbocycles. The van der Waals surface area contributed by atoms with Gasteiger partial charge < -0.3 is 18.9 Å². The van der Waals surface area contributed by atoms with E-state index in [0.29, 0.717) is 97.0 Å². The molecular formula is C47H46F2N10O6. The maximum absolute atomic E-state index is 16.3. The lowest BCUT2D eigenvalue weighted by Crippen LogP contribution is -2.41. The number of hydrogen-bond donors (Lipinski definition) is 1. The number of imidazole rings is 1. The van der Waals surface area contributed by atoms with E-state index in [2.05, 4.69) is 40.4 Å². The monoisotopic (exact) mass is 884 g/mol. The number of carbonyl (C=O) groups excluding carboxylic acids is 1. The fourth-order valence-electron chi connectivity index (χ4n) is 10.3. The molecule has 0 bridgehead atoms. The molecule has 0 radical (unpaired) electrons. The van der Waals surface area contributed by atoms with Crippen LogP contribution >= 0.6 is 0 Å². The number of H-pyrrole nitrogens is 1. The molecule has 8 aromatic rings. The first-order valence-corrected chi connectivity index (χ1v) is 21.9. The summed E-state index contributed by atoms with van der Waals surface area (Å²) in [6.07, 6.45) is 7.23. The minimum Gasteiger partial charge on any atom is -0.383 e. The lowest BCUT2D eigenvalue weighted by Gasteiger charge is -2.34. The Kier molecular flexibility index (Phi) is 9.65. The van der Waals surface area contributed by atoms with Gasteiger partial charge in [0, 0.05) is 62.1 Å². The van der Waals surface area contributed by atoms with Crippen LogP contribution < -0.4 is 11.4 Å². The molecule has 3 atom stereocenters. The molecule has 7 heterocycles. The Morgan fingerprint density at radius 2 is 1.78 bits per heavy atom. The zero-order chi connectivity index (χ0) is 44.9. The van der Waals surface area contributed by atoms with Gasteiger partial charge in [0.2, 0.25) is 0 Å². The van der Waals surface area contributed by atoms with E-state index in [1.165, 1.54) is 33.2 Å². The van der Waals surface area contributed by atoms with Crippen LogP contribution in [0.4, 0.5) is 8.78 Å². The Morgan fingerprint density at radius 1 is 1.00 bits per heavy atom. The number of amides is 1. The van der Waals surface area contributed by atoms with E-state index in [1.54, 1.807) is 58.8 Å². The second-order valence-electron chi connectivity index (χ2n) is 17.5. The highest BCUT2D eigenvalue weighted by molar-refractivity contribution is 6.00. The summed E-state index contributed by atoms with van der Waals surface area (Å²) < 4.78 is 54.9. The number of aromatic nitrogens is 9. The number of halogens is 2. The van der Waals surface area contributed by atoms with Crippen LogP contribution in [0.3, 0.4) is 0 Å². The van der Waals surface area contributed by atoms with Gasteiger partial charge >= 0.3 is 11.4 Å². The number of fused-ring (bicyclic) bond motifs is 3. The average molecular weight is 885 g/mol. The van der Waals surface area contributed by atoms with Gasteiger partial charge in [0.05, 0.1) is 53.4 Å². The third-order valence-corrected chi connectivity index (χ3v) is 13.9. The average Bonchev–Trinajstić information content (AvgIpc) is 3.96. The van der Waals surface area contributed by atoms with Gasteiger partial charge in [-0.3, -0.25) is 28.1 Å². The fourth-order valence-corrected chi connectivity index (χ4v) is 10.3. The molecule has 1 amide bonds. The minimum atomic E-state index is -0.850. The van der Waals surface area contributed by atoms with Crippen molar-refractivity contribution in [3.05, 3.63) is 140 Å². The number of aromatic amines is 1. The Bertz CT molecular complexity index is 3310. The fraction of sp³-hybridized carbons (Fsp3) is 0.362. The smallest absolute Gasteiger partial charge is 0.383 e. The van der Waals surface area contributed by atoms with E-state index < -0.39 is 34.7 Å². The summed E-state index contributed by atoms with van der Waals surface area (Å²) in [5.74, 6) is -0.950. The van der Waals surface area contributed by atoms with Crippen molar-refractivity contribution in [2.24, 2.45) is 5.92 Å². The quantitative estimate of drug-likeness (QED) is 0.162. The Hall–Kier alpha value is -6.92. The number of hydrogen-bond acceptors (Lipinski definition) is 9. The van der Waals surface area contributed by atoms with Crippen molar-refractivity contribution in [2.75, 3.05) is 33.5 Å². The molecule has 1 N–H and O–H groups in total. The van der Waals surface area contributed by atoms with Crippen LogP contribution in [0.5, 0.6) is 0 Å². The number of nitrogens with zero attached hydrogens (tertiary/aromatic N) is 9. The molecule has 11 rings (SSSR count). The first-order valence-electron chi connectivity index (χ1n) is 21.9. The largest absolute Gasteiger partial charge is 0.438 e. The van der Waals surface area contributed by atoms with E-state index >= 15 is 9.18 Å². The summed E-state index contributed by atoms with van der Waals surface area (Å²) in [6, 6.07) is 15.5. The lowest BCUT2D eigenvalue weighted by molar-refractivity contribution is 0.0663. The Morgan fingerprint density at radius 3 is 2.52 bits per heavy atom. The van der Waals surface area contributed by atoms with E-state index in [4.69, 9.17) is 19.1 Å². The van der Waals surface area contributed by atoms with Gasteiger partial charge in [0.25, 0.3) is 5.91 Å². The van der Waals surface area contributed by atoms with Gasteiger partial charge in [0.15, 0.2) is 11.6 Å². The van der Waals surface area contributed by atoms with Crippen LogP contribution in [0.1, 0.15) is 83.8 Å². The third kappa shape index (κ3) is 6.35. The second kappa shape index (κ2) is 15.4. The molecule has 0 unspecified atom stereocenters. The van der Waals surface area contributed by atoms with E-state index in [1.807, 2.05) is 17.6 Å². The van der Waals surface area contributed by atoms with Crippen LogP contribution in [0, 0.1) is 24.5 Å². The van der Waals surface area contributed by atoms with E-state index in [0.717, 1.165) is 23.7 Å². The summed E-state index contributed by atoms with van der Waals surface area (Å²) in [6.45, 7) is 8.09. The molecule has 2 fully saturated rings. The van der Waals surface area contributed by atoms with Crippen molar-refractivity contribution >= 4 is 27.7 Å². The molecule has 1 saturated carbocycles. The normalized spacial score (nSPS) is 20.0. The van der Waals surface area contributed by atoms with E-state index in [-0.39, 0.29) is 22.9 Å². The summed E-state index contributed by atoms with van der Waals surface area (Å²) in [4.78, 5) is 47.1. The molecule has 3 aliphatic rings. The number of carbonyl (C=O) groups is 1. The SMILES string of the molecule is COCCn1ncc2c(F)c(-n3ccn(-c4c5c(nn4-c4ccc(F)c(C)c4)CCN(C(=O)c4cc6cc(C7CCOCC7)ccc6n4[C@@]4(c6noc(=O)[nH]6)C[C@@H]4C)[C@H]5C)c3=O)ccc21. The maximum atomic E-state index is 16.3. The van der Waals surface area contributed by atoms with Crippen LogP contribution in [0.15, 0.2) is 87.3 Å². The molecule has 0 spiro atoms. The van der Waals surface area contributed by atoms with Crippen molar-refractivity contribution in [1.82, 2.24) is 48.3 Å². The van der Waals surface area contributed by atoms with Crippen LogP contribution in [-0.2, 0) is 28.0 Å². The molecule has 2 aliphatic heterocycles. The number of benzene rings is 3. The maximum Gasteiger partial charge on any atom is 0.438 e. The van der Waals surface area contributed by atoms with Crippen molar-refractivity contribution < 1.29 is 27.6 Å². The molecule has 5 aromatic heterocycles. The predicted octanol–water partition coefficient (Wildman–Crippen LogP) is 6.46. The number of nitrogens with one attached hydrogen (secondary N) is 1. The highest BCUT2D eigenvalue weighted by Gasteiger charge is 2.59. The van der Waals surface area contributed by atoms with Crippen LogP contribution in [0.2, 0.25) is 0 Å². The molecule has 3 aromatic carbocycles. The van der Waals surface area contributed by atoms with Gasteiger partial charge in [-0.1, -0.05) is 18.1 Å². The molecule has 65 heavy (non-hydrogen) atoms. The highest BCUT2D eigenvalue weighted by atomic mass is 19.1. The number of ether oxygens (including phenoxy) is 2. The number of methoxy groups -OCH3 is 1.